The second-order valence-corrected chi connectivity index (χ2v) is 7.81. The molecule has 0 spiro atoms. The molecule has 24 heavy (non-hydrogen) atoms. The summed E-state index contributed by atoms with van der Waals surface area (Å²) in [6.07, 6.45) is 7.79. The number of fused-ring (bicyclic) bond motifs is 2. The number of piperidine rings is 1. The van der Waals surface area contributed by atoms with E-state index in [-0.39, 0.29) is 11.5 Å². The van der Waals surface area contributed by atoms with Crippen molar-refractivity contribution in [3.63, 3.8) is 0 Å². The van der Waals surface area contributed by atoms with E-state index in [9.17, 15) is 4.79 Å². The van der Waals surface area contributed by atoms with E-state index >= 15 is 0 Å². The van der Waals surface area contributed by atoms with E-state index in [1.54, 1.807) is 6.07 Å². The van der Waals surface area contributed by atoms with Crippen LogP contribution >= 0.6 is 0 Å². The van der Waals surface area contributed by atoms with Crippen molar-refractivity contribution in [3.05, 3.63) is 35.4 Å². The highest BCUT2D eigenvalue weighted by molar-refractivity contribution is 5.92. The first-order chi connectivity index (χ1) is 11.6. The first kappa shape index (κ1) is 16.1. The molecule has 2 atom stereocenters. The zero-order valence-electron chi connectivity index (χ0n) is 14.5. The summed E-state index contributed by atoms with van der Waals surface area (Å²) in [5.74, 6) is 0.637. The summed E-state index contributed by atoms with van der Waals surface area (Å²) in [5, 5.41) is 0. The van der Waals surface area contributed by atoms with Crippen LogP contribution in [0, 0.1) is 11.8 Å². The molecule has 1 saturated heterocycles. The van der Waals surface area contributed by atoms with E-state index in [0.717, 1.165) is 24.7 Å². The number of hydrogen-bond donors (Lipinski definition) is 1. The van der Waals surface area contributed by atoms with Gasteiger partial charge in [0.25, 0.3) is 0 Å². The third-order valence-electron chi connectivity index (χ3n) is 6.76. The Morgan fingerprint density at radius 3 is 2.38 bits per heavy atom. The predicted octanol–water partition coefficient (Wildman–Crippen LogP) is 2.91. The van der Waals surface area contributed by atoms with Crippen LogP contribution < -0.4 is 5.73 Å². The van der Waals surface area contributed by atoms with Crippen LogP contribution in [0.25, 0.3) is 0 Å². The molecule has 2 unspecified atom stereocenters. The number of methoxy groups -OCH3 is 1. The van der Waals surface area contributed by atoms with Crippen LogP contribution in [0.3, 0.4) is 0 Å². The van der Waals surface area contributed by atoms with Gasteiger partial charge in [-0.05, 0) is 43.4 Å². The van der Waals surface area contributed by atoms with E-state index in [2.05, 4.69) is 11.0 Å². The molecule has 2 N–H and O–H groups in total. The minimum absolute atomic E-state index is 0.260. The monoisotopic (exact) mass is 328 g/mol. The quantitative estimate of drug-likeness (QED) is 0.924. The Kier molecular flexibility index (Phi) is 4.13. The van der Waals surface area contributed by atoms with Gasteiger partial charge < -0.3 is 10.5 Å². The number of amides is 1. The molecule has 1 aromatic carbocycles. The average molecular weight is 328 g/mol. The minimum atomic E-state index is -0.361. The van der Waals surface area contributed by atoms with Crippen molar-refractivity contribution in [2.75, 3.05) is 20.2 Å². The largest absolute Gasteiger partial charge is 0.373 e. The predicted molar refractivity (Wildman–Crippen MR) is 93.7 cm³/mol. The fraction of sp³-hybridized carbons (Fsp3) is 0.650. The number of nitrogens with zero attached hydrogens (tertiary/aromatic N) is 1. The zero-order chi connectivity index (χ0) is 16.7. The molecule has 1 aliphatic heterocycles. The molecule has 4 rings (SSSR count). The summed E-state index contributed by atoms with van der Waals surface area (Å²) in [6.45, 7) is 2.24. The highest BCUT2D eigenvalue weighted by Gasteiger charge is 2.54. The van der Waals surface area contributed by atoms with E-state index in [1.165, 1.54) is 38.5 Å². The van der Waals surface area contributed by atoms with Crippen molar-refractivity contribution in [3.8, 4) is 0 Å². The van der Waals surface area contributed by atoms with Gasteiger partial charge in [0.2, 0.25) is 5.91 Å². The first-order valence-electron chi connectivity index (χ1n) is 9.34. The molecule has 130 valence electrons. The summed E-state index contributed by atoms with van der Waals surface area (Å²) >= 11 is 0. The molecule has 0 aromatic heterocycles. The van der Waals surface area contributed by atoms with Gasteiger partial charge in [0.1, 0.15) is 5.60 Å². The molecule has 4 nitrogen and oxygen atoms in total. The average Bonchev–Trinajstić information content (AvgIpc) is 2.52. The molecule has 3 aliphatic rings. The van der Waals surface area contributed by atoms with Crippen molar-refractivity contribution in [1.82, 2.24) is 4.90 Å². The maximum atomic E-state index is 11.6. The fourth-order valence-corrected chi connectivity index (χ4v) is 5.36. The minimum Gasteiger partial charge on any atom is -0.373 e. The Hall–Kier alpha value is -1.39. The van der Waals surface area contributed by atoms with Gasteiger partial charge in [0, 0.05) is 43.6 Å². The van der Waals surface area contributed by atoms with Crippen molar-refractivity contribution >= 4 is 5.91 Å². The number of ether oxygens (including phenoxy) is 1. The van der Waals surface area contributed by atoms with Gasteiger partial charge in [-0.15, -0.1) is 0 Å². The second kappa shape index (κ2) is 6.16. The summed E-state index contributed by atoms with van der Waals surface area (Å²) in [5.41, 5.74) is 6.98. The van der Waals surface area contributed by atoms with Crippen molar-refractivity contribution in [1.29, 1.82) is 0 Å². The number of nitrogens with two attached hydrogens (primary N) is 1. The van der Waals surface area contributed by atoms with E-state index in [4.69, 9.17) is 10.5 Å². The maximum Gasteiger partial charge on any atom is 0.248 e. The van der Waals surface area contributed by atoms with Crippen LogP contribution in [-0.4, -0.2) is 37.0 Å². The zero-order valence-corrected chi connectivity index (χ0v) is 14.5. The lowest BCUT2D eigenvalue weighted by molar-refractivity contribution is -0.177. The van der Waals surface area contributed by atoms with Crippen molar-refractivity contribution < 1.29 is 9.53 Å². The molecular formula is C20H28N2O2. The lowest BCUT2D eigenvalue weighted by Gasteiger charge is -2.57. The molecule has 1 aromatic rings. The summed E-state index contributed by atoms with van der Waals surface area (Å²) in [7, 11) is 1.85. The van der Waals surface area contributed by atoms with Crippen LogP contribution in [0.15, 0.2) is 24.3 Å². The Balaban J connectivity index is 1.70. The van der Waals surface area contributed by atoms with Crippen molar-refractivity contribution in [2.45, 2.75) is 50.2 Å². The van der Waals surface area contributed by atoms with Gasteiger partial charge in [-0.1, -0.05) is 25.0 Å². The third-order valence-corrected chi connectivity index (χ3v) is 6.76. The normalized spacial score (nSPS) is 33.9. The van der Waals surface area contributed by atoms with Gasteiger partial charge in [0.05, 0.1) is 0 Å². The van der Waals surface area contributed by atoms with Crippen LogP contribution in [0.4, 0.5) is 0 Å². The molecule has 2 bridgehead atoms. The number of rotatable bonds is 4. The molecule has 2 aliphatic carbocycles. The number of hydrogen-bond acceptors (Lipinski definition) is 3. The lowest BCUT2D eigenvalue weighted by Crippen LogP contribution is -2.61. The second-order valence-electron chi connectivity index (χ2n) is 7.81. The van der Waals surface area contributed by atoms with Gasteiger partial charge in [-0.2, -0.15) is 0 Å². The highest BCUT2D eigenvalue weighted by Crippen LogP contribution is 2.52. The van der Waals surface area contributed by atoms with Crippen LogP contribution in [-0.2, 0) is 10.3 Å². The van der Waals surface area contributed by atoms with Gasteiger partial charge in [-0.3, -0.25) is 9.69 Å². The summed E-state index contributed by atoms with van der Waals surface area (Å²) in [4.78, 5) is 14.4. The fourth-order valence-electron chi connectivity index (χ4n) is 5.36. The topological polar surface area (TPSA) is 55.6 Å². The summed E-state index contributed by atoms with van der Waals surface area (Å²) in [6, 6.07) is 8.63. The first-order valence-corrected chi connectivity index (χ1v) is 9.34. The van der Waals surface area contributed by atoms with Gasteiger partial charge in [-0.25, -0.2) is 0 Å². The smallest absolute Gasteiger partial charge is 0.248 e. The van der Waals surface area contributed by atoms with Crippen LogP contribution in [0.1, 0.15) is 54.4 Å². The Morgan fingerprint density at radius 2 is 1.83 bits per heavy atom. The SMILES string of the molecule is COC1(c2cccc(C(N)=O)c2)C2CCCC1CN(C1CCC1)C2. The van der Waals surface area contributed by atoms with Gasteiger partial charge in [0.15, 0.2) is 0 Å². The molecule has 3 fully saturated rings. The highest BCUT2D eigenvalue weighted by atomic mass is 16.5. The molecule has 1 heterocycles. The standard InChI is InChI=1S/C20H28N2O2/c1-24-20(15-6-2-5-14(11-15)19(21)23)16-7-3-8-17(20)13-22(12-16)18-9-4-10-18/h2,5-6,11,16-18H,3-4,7-10,12-13H2,1H3,(H2,21,23). The van der Waals surface area contributed by atoms with E-state index < -0.39 is 0 Å². The van der Waals surface area contributed by atoms with E-state index in [1.807, 2.05) is 19.2 Å². The molecule has 0 radical (unpaired) electrons. The molecule has 2 saturated carbocycles. The Bertz CT molecular complexity index is 612. The molecule has 4 heteroatoms. The maximum absolute atomic E-state index is 11.6. The number of carbonyl (C=O) groups is 1. The third kappa shape index (κ3) is 2.39. The Labute approximate surface area is 144 Å². The van der Waals surface area contributed by atoms with Crippen molar-refractivity contribution in [2.24, 2.45) is 17.6 Å². The molecule has 1 amide bonds. The number of benzene rings is 1. The molecular weight excluding hydrogens is 300 g/mol. The van der Waals surface area contributed by atoms with E-state index in [0.29, 0.717) is 17.4 Å². The number of likely N-dealkylation sites (tertiary alicyclic amines) is 1. The van der Waals surface area contributed by atoms with Crippen LogP contribution in [0.5, 0.6) is 0 Å². The Morgan fingerprint density at radius 1 is 1.17 bits per heavy atom. The van der Waals surface area contributed by atoms with Crippen LogP contribution in [0.2, 0.25) is 0 Å². The number of carbonyl (C=O) groups excluding carboxylic acids is 1. The summed E-state index contributed by atoms with van der Waals surface area (Å²) < 4.78 is 6.27. The van der Waals surface area contributed by atoms with Gasteiger partial charge >= 0.3 is 0 Å². The lowest BCUT2D eigenvalue weighted by atomic mass is 9.61. The number of primary amides is 1.